The van der Waals surface area contributed by atoms with Gasteiger partial charge >= 0.3 is 17.9 Å². The van der Waals surface area contributed by atoms with Gasteiger partial charge in [0.15, 0.2) is 0 Å². The fraction of sp³-hybridized carbons (Fsp3) is 0.769. The Balaban J connectivity index is 5.46. The third-order valence-corrected chi connectivity index (χ3v) is 2.47. The van der Waals surface area contributed by atoms with E-state index in [1.165, 1.54) is 6.92 Å². The number of carbonyl (C=O) groups excluding carboxylic acids is 3. The fourth-order valence-electron chi connectivity index (χ4n) is 1.51. The minimum absolute atomic E-state index is 0.0644. The van der Waals surface area contributed by atoms with Crippen molar-refractivity contribution in [1.29, 1.82) is 0 Å². The summed E-state index contributed by atoms with van der Waals surface area (Å²) in [4.78, 5) is 36.1. The van der Waals surface area contributed by atoms with E-state index in [9.17, 15) is 14.4 Å². The van der Waals surface area contributed by atoms with E-state index in [-0.39, 0.29) is 19.6 Å². The van der Waals surface area contributed by atoms with E-state index in [4.69, 9.17) is 14.2 Å². The Labute approximate surface area is 113 Å². The second-order valence-corrected chi connectivity index (χ2v) is 4.15. The molecular weight excluding hydrogens is 252 g/mol. The van der Waals surface area contributed by atoms with Crippen molar-refractivity contribution in [2.75, 3.05) is 13.2 Å². The van der Waals surface area contributed by atoms with Gasteiger partial charge in [-0.2, -0.15) is 0 Å². The van der Waals surface area contributed by atoms with E-state index in [0.29, 0.717) is 0 Å². The van der Waals surface area contributed by atoms with Crippen molar-refractivity contribution in [3.8, 4) is 0 Å². The molecule has 0 unspecified atom stereocenters. The van der Waals surface area contributed by atoms with Gasteiger partial charge in [0.05, 0.1) is 19.3 Å². The zero-order valence-corrected chi connectivity index (χ0v) is 12.1. The fourth-order valence-corrected chi connectivity index (χ4v) is 1.51. The van der Waals surface area contributed by atoms with Gasteiger partial charge in [0.25, 0.3) is 5.41 Å². The number of hydrogen-bond acceptors (Lipinski definition) is 6. The minimum Gasteiger partial charge on any atom is -0.465 e. The Hall–Kier alpha value is -1.59. The Morgan fingerprint density at radius 1 is 0.895 bits per heavy atom. The summed E-state index contributed by atoms with van der Waals surface area (Å²) >= 11 is 0. The predicted molar refractivity (Wildman–Crippen MR) is 67.2 cm³/mol. The maximum Gasteiger partial charge on any atom is 0.335 e. The summed E-state index contributed by atoms with van der Waals surface area (Å²) in [6.45, 7) is 8.12. The normalized spacial score (nSPS) is 11.1. The average Bonchev–Trinajstić information content (AvgIpc) is 2.30. The van der Waals surface area contributed by atoms with E-state index in [2.05, 4.69) is 0 Å². The molecule has 110 valence electrons. The van der Waals surface area contributed by atoms with Gasteiger partial charge in [-0.3, -0.25) is 14.4 Å². The average molecular weight is 274 g/mol. The van der Waals surface area contributed by atoms with Crippen LogP contribution in [0.1, 0.15) is 41.0 Å². The van der Waals surface area contributed by atoms with Crippen molar-refractivity contribution < 1.29 is 28.6 Å². The van der Waals surface area contributed by atoms with Crippen LogP contribution < -0.4 is 0 Å². The van der Waals surface area contributed by atoms with Crippen LogP contribution >= 0.6 is 0 Å². The molecule has 0 aromatic carbocycles. The van der Waals surface area contributed by atoms with Crippen LogP contribution in [0, 0.1) is 5.41 Å². The Morgan fingerprint density at radius 2 is 1.32 bits per heavy atom. The van der Waals surface area contributed by atoms with Crippen molar-refractivity contribution in [3.05, 3.63) is 0 Å². The van der Waals surface area contributed by atoms with E-state index in [1.54, 1.807) is 27.7 Å². The van der Waals surface area contributed by atoms with Crippen LogP contribution in [0.2, 0.25) is 0 Å². The number of hydrogen-bond donors (Lipinski definition) is 0. The molecule has 0 amide bonds. The summed E-state index contributed by atoms with van der Waals surface area (Å²) in [5.41, 5.74) is -2.03. The highest BCUT2D eigenvalue weighted by molar-refractivity contribution is 6.17. The second kappa shape index (κ2) is 7.76. The van der Waals surface area contributed by atoms with Crippen LogP contribution in [0.25, 0.3) is 0 Å². The lowest BCUT2D eigenvalue weighted by atomic mass is 9.85. The maximum atomic E-state index is 12.1. The number of esters is 3. The molecule has 0 rings (SSSR count). The number of ether oxygens (including phenoxy) is 3. The molecule has 0 aromatic rings. The molecule has 6 nitrogen and oxygen atoms in total. The lowest BCUT2D eigenvalue weighted by Crippen LogP contribution is -2.49. The highest BCUT2D eigenvalue weighted by Crippen LogP contribution is 2.28. The van der Waals surface area contributed by atoms with Crippen molar-refractivity contribution >= 4 is 17.9 Å². The van der Waals surface area contributed by atoms with Gasteiger partial charge in [-0.15, -0.1) is 0 Å². The summed E-state index contributed by atoms with van der Waals surface area (Å²) in [7, 11) is 0. The van der Waals surface area contributed by atoms with Gasteiger partial charge in [-0.05, 0) is 34.1 Å². The molecule has 0 spiro atoms. The predicted octanol–water partition coefficient (Wildman–Crippen LogP) is 1.46. The maximum absolute atomic E-state index is 12.1. The monoisotopic (exact) mass is 274 g/mol. The largest absolute Gasteiger partial charge is 0.465 e. The van der Waals surface area contributed by atoms with E-state index in [0.717, 1.165) is 0 Å². The third-order valence-electron chi connectivity index (χ3n) is 2.47. The molecule has 0 heterocycles. The van der Waals surface area contributed by atoms with Crippen LogP contribution in [0.15, 0.2) is 0 Å². The van der Waals surface area contributed by atoms with E-state index >= 15 is 0 Å². The molecule has 0 fully saturated rings. The topological polar surface area (TPSA) is 78.9 Å². The van der Waals surface area contributed by atoms with Crippen LogP contribution in [0.4, 0.5) is 0 Å². The van der Waals surface area contributed by atoms with Gasteiger partial charge in [0.2, 0.25) is 0 Å². The summed E-state index contributed by atoms with van der Waals surface area (Å²) in [6, 6.07) is 0. The molecule has 0 radical (unpaired) electrons. The summed E-state index contributed by atoms with van der Waals surface area (Å²) in [6.07, 6.45) is -0.516. The SMILES string of the molecule is CCOC(=O)C(CC)(C(=O)OCC)C(=O)OC(C)C. The Kier molecular flexibility index (Phi) is 7.11. The van der Waals surface area contributed by atoms with Crippen LogP contribution in [0.3, 0.4) is 0 Å². The Bertz CT molecular complexity index is 316. The van der Waals surface area contributed by atoms with E-state index < -0.39 is 29.4 Å². The van der Waals surface area contributed by atoms with Crippen molar-refractivity contribution in [3.63, 3.8) is 0 Å². The summed E-state index contributed by atoms with van der Waals surface area (Å²) < 4.78 is 14.7. The quantitative estimate of drug-likeness (QED) is 0.397. The molecule has 6 heteroatoms. The first-order valence-electron chi connectivity index (χ1n) is 6.42. The molecule has 0 saturated heterocycles. The first-order chi connectivity index (χ1) is 8.86. The molecule has 19 heavy (non-hydrogen) atoms. The molecule has 0 atom stereocenters. The molecule has 0 saturated carbocycles. The van der Waals surface area contributed by atoms with Crippen LogP contribution in [-0.4, -0.2) is 37.2 Å². The van der Waals surface area contributed by atoms with Gasteiger partial charge in [0.1, 0.15) is 0 Å². The van der Waals surface area contributed by atoms with Gasteiger partial charge in [-0.1, -0.05) is 6.92 Å². The lowest BCUT2D eigenvalue weighted by Gasteiger charge is -2.26. The van der Waals surface area contributed by atoms with Gasteiger partial charge in [0, 0.05) is 0 Å². The smallest absolute Gasteiger partial charge is 0.335 e. The van der Waals surface area contributed by atoms with Crippen molar-refractivity contribution in [1.82, 2.24) is 0 Å². The molecule has 0 bridgehead atoms. The molecule has 0 aliphatic heterocycles. The van der Waals surface area contributed by atoms with E-state index in [1.807, 2.05) is 0 Å². The standard InChI is InChI=1S/C13H22O6/c1-6-13(10(14)17-7-2,11(15)18-8-3)12(16)19-9(4)5/h9H,6-8H2,1-5H3. The van der Waals surface area contributed by atoms with Crippen LogP contribution in [0.5, 0.6) is 0 Å². The third kappa shape index (κ3) is 3.94. The van der Waals surface area contributed by atoms with Crippen molar-refractivity contribution in [2.45, 2.75) is 47.1 Å². The summed E-state index contributed by atoms with van der Waals surface area (Å²) in [5.74, 6) is -2.79. The molecular formula is C13H22O6. The molecule has 0 aliphatic rings. The minimum atomic E-state index is -2.03. The van der Waals surface area contributed by atoms with Crippen LogP contribution in [-0.2, 0) is 28.6 Å². The Morgan fingerprint density at radius 3 is 1.58 bits per heavy atom. The molecule has 0 N–H and O–H groups in total. The zero-order chi connectivity index (χ0) is 15.1. The summed E-state index contributed by atoms with van der Waals surface area (Å²) in [5, 5.41) is 0. The number of carbonyl (C=O) groups is 3. The molecule has 0 aromatic heterocycles. The second-order valence-electron chi connectivity index (χ2n) is 4.15. The first-order valence-corrected chi connectivity index (χ1v) is 6.42. The highest BCUT2D eigenvalue weighted by atomic mass is 16.6. The highest BCUT2D eigenvalue weighted by Gasteiger charge is 2.56. The van der Waals surface area contributed by atoms with Gasteiger partial charge in [-0.25, -0.2) is 0 Å². The zero-order valence-electron chi connectivity index (χ0n) is 12.1. The van der Waals surface area contributed by atoms with Crippen molar-refractivity contribution in [2.24, 2.45) is 5.41 Å². The van der Waals surface area contributed by atoms with Gasteiger partial charge < -0.3 is 14.2 Å². The molecule has 0 aliphatic carbocycles. The number of rotatable bonds is 7. The lowest BCUT2D eigenvalue weighted by molar-refractivity contribution is -0.185. The first kappa shape index (κ1) is 17.4.